The highest BCUT2D eigenvalue weighted by Gasteiger charge is 2.25. The molecular formula is C53H102NO8+. The summed E-state index contributed by atoms with van der Waals surface area (Å²) in [7, 11) is 5.97. The molecule has 0 amide bonds. The first-order valence-electron chi connectivity index (χ1n) is 26.4. The zero-order valence-corrected chi connectivity index (χ0v) is 41.6. The van der Waals surface area contributed by atoms with Crippen molar-refractivity contribution in [3.63, 3.8) is 0 Å². The highest BCUT2D eigenvalue weighted by Crippen LogP contribution is 2.17. The molecule has 0 saturated heterocycles. The minimum Gasteiger partial charge on any atom is -0.477 e. The quantitative estimate of drug-likeness (QED) is 0.0212. The van der Waals surface area contributed by atoms with E-state index >= 15 is 0 Å². The van der Waals surface area contributed by atoms with E-state index in [0.717, 1.165) is 51.4 Å². The van der Waals surface area contributed by atoms with Crippen molar-refractivity contribution >= 4 is 17.9 Å². The van der Waals surface area contributed by atoms with E-state index < -0.39 is 24.3 Å². The molecule has 1 N–H and O–H groups in total. The summed E-state index contributed by atoms with van der Waals surface area (Å²) in [5.41, 5.74) is 0. The van der Waals surface area contributed by atoms with E-state index in [1.165, 1.54) is 167 Å². The van der Waals surface area contributed by atoms with Gasteiger partial charge < -0.3 is 28.5 Å². The van der Waals surface area contributed by atoms with Crippen molar-refractivity contribution in [2.24, 2.45) is 0 Å². The summed E-state index contributed by atoms with van der Waals surface area (Å²) in [4.78, 5) is 37.2. The second kappa shape index (κ2) is 45.6. The highest BCUT2D eigenvalue weighted by atomic mass is 16.7. The molecule has 0 aliphatic rings. The average Bonchev–Trinajstić information content (AvgIpc) is 3.23. The smallest absolute Gasteiger partial charge is 0.361 e. The molecule has 0 aromatic carbocycles. The predicted octanol–water partition coefficient (Wildman–Crippen LogP) is 14.6. The third-order valence-corrected chi connectivity index (χ3v) is 11.8. The van der Waals surface area contributed by atoms with Crippen LogP contribution in [-0.2, 0) is 33.3 Å². The van der Waals surface area contributed by atoms with Crippen LogP contribution >= 0.6 is 0 Å². The van der Waals surface area contributed by atoms with Crippen molar-refractivity contribution in [2.45, 2.75) is 264 Å². The third kappa shape index (κ3) is 46.0. The molecule has 62 heavy (non-hydrogen) atoms. The Balaban J connectivity index is 4.22. The summed E-state index contributed by atoms with van der Waals surface area (Å²) < 4.78 is 22.8. The van der Waals surface area contributed by atoms with Crippen LogP contribution in [0.1, 0.15) is 251 Å². The van der Waals surface area contributed by atoms with E-state index in [9.17, 15) is 19.5 Å². The Morgan fingerprint density at radius 2 is 0.823 bits per heavy atom. The van der Waals surface area contributed by atoms with Crippen molar-refractivity contribution in [3.8, 4) is 0 Å². The molecule has 0 aromatic heterocycles. The molecule has 0 heterocycles. The van der Waals surface area contributed by atoms with E-state index in [-0.39, 0.29) is 32.2 Å². The fraction of sp³-hybridized carbons (Fsp3) is 0.906. The van der Waals surface area contributed by atoms with Gasteiger partial charge in [-0.3, -0.25) is 9.59 Å². The Morgan fingerprint density at radius 3 is 1.19 bits per heavy atom. The lowest BCUT2D eigenvalue weighted by Gasteiger charge is -2.25. The molecule has 366 valence electrons. The van der Waals surface area contributed by atoms with Gasteiger partial charge in [-0.2, -0.15) is 0 Å². The summed E-state index contributed by atoms with van der Waals surface area (Å²) >= 11 is 0. The standard InChI is InChI=1S/C53H101NO8/c1-6-8-10-12-14-16-18-20-22-23-24-25-26-27-28-29-30-32-33-35-37-39-41-43-50(55)60-47-49(48-61-53(52(57)58)59-46-45-54(3,4)5)62-51(56)44-42-40-38-36-34-31-21-19-17-15-13-11-9-7-2/h19,21,49,53H,6-18,20,22-48H2,1-5H3/p+1/b21-19-. The SMILES string of the molecule is CCCCCCC/C=C\CCCCCCCC(=O)OC(COC(=O)CCCCCCCCCCCCCCCCCCCCCCCCC)COC(OCC[N+](C)(C)C)C(=O)O. The van der Waals surface area contributed by atoms with Gasteiger partial charge >= 0.3 is 17.9 Å². The van der Waals surface area contributed by atoms with Gasteiger partial charge in [-0.05, 0) is 38.5 Å². The second-order valence-electron chi connectivity index (χ2n) is 19.2. The molecule has 0 spiro atoms. The average molecular weight is 881 g/mol. The number of ether oxygens (including phenoxy) is 4. The normalized spacial score (nSPS) is 12.9. The van der Waals surface area contributed by atoms with Gasteiger partial charge in [0.1, 0.15) is 13.2 Å². The summed E-state index contributed by atoms with van der Waals surface area (Å²) in [5.74, 6) is -2.00. The number of hydrogen-bond acceptors (Lipinski definition) is 7. The molecule has 0 aromatic rings. The molecule has 0 saturated carbocycles. The van der Waals surface area contributed by atoms with E-state index in [0.29, 0.717) is 23.9 Å². The maximum absolute atomic E-state index is 12.8. The van der Waals surface area contributed by atoms with E-state index in [1.54, 1.807) is 0 Å². The number of carboxylic acids is 1. The number of unbranched alkanes of at least 4 members (excludes halogenated alkanes) is 32. The number of allylic oxidation sites excluding steroid dienone is 2. The first-order valence-corrected chi connectivity index (χ1v) is 26.4. The molecule has 0 aliphatic heterocycles. The molecule has 0 aliphatic carbocycles. The van der Waals surface area contributed by atoms with Crippen LogP contribution in [-0.4, -0.2) is 87.4 Å². The number of carbonyl (C=O) groups is 3. The lowest BCUT2D eigenvalue weighted by Crippen LogP contribution is -2.40. The molecule has 0 bridgehead atoms. The molecular weight excluding hydrogens is 779 g/mol. The van der Waals surface area contributed by atoms with Crippen LogP contribution in [0.25, 0.3) is 0 Å². The first-order chi connectivity index (χ1) is 30.1. The number of hydrogen-bond donors (Lipinski definition) is 1. The largest absolute Gasteiger partial charge is 0.477 e. The Kier molecular flexibility index (Phi) is 44.1. The highest BCUT2D eigenvalue weighted by molar-refractivity contribution is 5.71. The lowest BCUT2D eigenvalue weighted by molar-refractivity contribution is -0.870. The van der Waals surface area contributed by atoms with Gasteiger partial charge in [-0.1, -0.05) is 212 Å². The van der Waals surface area contributed by atoms with Gasteiger partial charge in [-0.15, -0.1) is 0 Å². The Morgan fingerprint density at radius 1 is 0.468 bits per heavy atom. The van der Waals surface area contributed by atoms with Crippen molar-refractivity contribution in [1.82, 2.24) is 0 Å². The number of carbonyl (C=O) groups excluding carboxylic acids is 2. The van der Waals surface area contributed by atoms with Gasteiger partial charge in [0, 0.05) is 12.8 Å². The lowest BCUT2D eigenvalue weighted by atomic mass is 10.0. The van der Waals surface area contributed by atoms with Crippen LogP contribution in [0, 0.1) is 0 Å². The van der Waals surface area contributed by atoms with Gasteiger partial charge in [0.05, 0.1) is 34.4 Å². The summed E-state index contributed by atoms with van der Waals surface area (Å²) in [6.07, 6.45) is 47.1. The van der Waals surface area contributed by atoms with E-state index in [2.05, 4.69) is 26.0 Å². The van der Waals surface area contributed by atoms with Crippen LogP contribution in [0.3, 0.4) is 0 Å². The Bertz CT molecular complexity index is 1030. The molecule has 0 radical (unpaired) electrons. The van der Waals surface area contributed by atoms with Gasteiger partial charge in [0.15, 0.2) is 6.10 Å². The van der Waals surface area contributed by atoms with Crippen LogP contribution in [0.5, 0.6) is 0 Å². The Labute approximate surface area is 383 Å². The maximum Gasteiger partial charge on any atom is 0.361 e. The monoisotopic (exact) mass is 881 g/mol. The molecule has 0 rings (SSSR count). The molecule has 9 heteroatoms. The minimum absolute atomic E-state index is 0.179. The van der Waals surface area contributed by atoms with Crippen molar-refractivity contribution in [2.75, 3.05) is 47.5 Å². The van der Waals surface area contributed by atoms with Crippen molar-refractivity contribution in [3.05, 3.63) is 12.2 Å². The number of rotatable bonds is 49. The summed E-state index contributed by atoms with van der Waals surface area (Å²) in [6.45, 7) is 4.89. The Hall–Kier alpha value is -1.97. The number of nitrogens with zero attached hydrogens (tertiary/aromatic N) is 1. The van der Waals surface area contributed by atoms with Crippen LogP contribution < -0.4 is 0 Å². The number of aliphatic carboxylic acids is 1. The fourth-order valence-electron chi connectivity index (χ4n) is 7.66. The number of carboxylic acid groups (broad SMARTS) is 1. The van der Waals surface area contributed by atoms with Crippen LogP contribution in [0.2, 0.25) is 0 Å². The van der Waals surface area contributed by atoms with E-state index in [4.69, 9.17) is 18.9 Å². The van der Waals surface area contributed by atoms with E-state index in [1.807, 2.05) is 21.1 Å². The maximum atomic E-state index is 12.8. The first kappa shape index (κ1) is 60.0. The summed E-state index contributed by atoms with van der Waals surface area (Å²) in [6, 6.07) is 0. The van der Waals surface area contributed by atoms with Crippen LogP contribution in [0.4, 0.5) is 0 Å². The number of likely N-dealkylation sites (N-methyl/N-ethyl adjacent to an activating group) is 1. The zero-order chi connectivity index (χ0) is 45.6. The third-order valence-electron chi connectivity index (χ3n) is 11.8. The number of esters is 2. The molecule has 2 unspecified atom stereocenters. The molecule has 2 atom stereocenters. The van der Waals surface area contributed by atoms with Crippen molar-refractivity contribution in [1.29, 1.82) is 0 Å². The molecule has 0 fully saturated rings. The van der Waals surface area contributed by atoms with Gasteiger partial charge in [0.2, 0.25) is 0 Å². The number of quaternary nitrogens is 1. The van der Waals surface area contributed by atoms with Gasteiger partial charge in [-0.25, -0.2) is 4.79 Å². The molecule has 9 nitrogen and oxygen atoms in total. The second-order valence-corrected chi connectivity index (χ2v) is 19.2. The van der Waals surface area contributed by atoms with Gasteiger partial charge in [0.25, 0.3) is 6.29 Å². The van der Waals surface area contributed by atoms with Crippen LogP contribution in [0.15, 0.2) is 12.2 Å². The zero-order valence-electron chi connectivity index (χ0n) is 41.6. The fourth-order valence-corrected chi connectivity index (χ4v) is 7.66. The minimum atomic E-state index is -1.51. The summed E-state index contributed by atoms with van der Waals surface area (Å²) in [5, 5.41) is 9.66. The topological polar surface area (TPSA) is 108 Å². The predicted molar refractivity (Wildman–Crippen MR) is 258 cm³/mol. The van der Waals surface area contributed by atoms with Crippen molar-refractivity contribution < 1.29 is 42.9 Å².